The highest BCUT2D eigenvalue weighted by atomic mass is 16.6. The first-order chi connectivity index (χ1) is 14.4. The number of carbonyl (C=O) groups excluding carboxylic acids is 1. The number of nitro benzene ring substituents is 2. The lowest BCUT2D eigenvalue weighted by molar-refractivity contribution is -0.385. The number of rotatable bonds is 7. The molecule has 0 saturated heterocycles. The van der Waals surface area contributed by atoms with Gasteiger partial charge in [0.1, 0.15) is 23.0 Å². The van der Waals surface area contributed by atoms with E-state index < -0.39 is 15.8 Å². The van der Waals surface area contributed by atoms with Gasteiger partial charge >= 0.3 is 5.97 Å². The zero-order valence-electron chi connectivity index (χ0n) is 15.5. The Morgan fingerprint density at radius 1 is 0.700 bits per heavy atom. The van der Waals surface area contributed by atoms with Crippen molar-refractivity contribution < 1.29 is 28.9 Å². The maximum absolute atomic E-state index is 12.0. The van der Waals surface area contributed by atoms with Crippen LogP contribution in [0.4, 0.5) is 11.4 Å². The first kappa shape index (κ1) is 20.3. The Balaban J connectivity index is 1.88. The van der Waals surface area contributed by atoms with E-state index in [1.54, 1.807) is 0 Å². The van der Waals surface area contributed by atoms with Crippen LogP contribution in [-0.2, 0) is 4.74 Å². The van der Waals surface area contributed by atoms with Gasteiger partial charge in [0.25, 0.3) is 11.4 Å². The highest BCUT2D eigenvalue weighted by molar-refractivity contribution is 5.90. The van der Waals surface area contributed by atoms with Gasteiger partial charge in [0.05, 0.1) is 22.5 Å². The summed E-state index contributed by atoms with van der Waals surface area (Å²) in [5, 5.41) is 21.5. The van der Waals surface area contributed by atoms with E-state index in [0.717, 1.165) is 0 Å². The Morgan fingerprint density at radius 2 is 1.10 bits per heavy atom. The number of non-ortho nitro benzene ring substituents is 2. The molecule has 0 spiro atoms. The molecule has 0 aromatic heterocycles. The molecule has 3 aromatic rings. The minimum atomic E-state index is -0.627. The number of hydrogen-bond acceptors (Lipinski definition) is 8. The minimum absolute atomic E-state index is 0.0899. The third kappa shape index (κ3) is 4.87. The lowest BCUT2D eigenvalue weighted by Crippen LogP contribution is -2.02. The van der Waals surface area contributed by atoms with E-state index in [-0.39, 0.29) is 28.4 Å². The second kappa shape index (κ2) is 8.69. The van der Waals surface area contributed by atoms with Crippen LogP contribution in [-0.4, -0.2) is 22.9 Å². The molecule has 0 atom stereocenters. The Labute approximate surface area is 169 Å². The highest BCUT2D eigenvalue weighted by Crippen LogP contribution is 2.32. The second-order valence-electron chi connectivity index (χ2n) is 5.89. The molecule has 30 heavy (non-hydrogen) atoms. The zero-order valence-corrected chi connectivity index (χ0v) is 15.5. The van der Waals surface area contributed by atoms with Crippen LogP contribution < -0.4 is 9.47 Å². The maximum atomic E-state index is 12.0. The minimum Gasteiger partial charge on any atom is -0.465 e. The van der Waals surface area contributed by atoms with Gasteiger partial charge in [-0.3, -0.25) is 20.2 Å². The molecular weight excluding hydrogens is 396 g/mol. The van der Waals surface area contributed by atoms with Crippen LogP contribution in [0.3, 0.4) is 0 Å². The molecule has 0 heterocycles. The fraction of sp³-hybridized carbons (Fsp3) is 0.0500. The molecule has 0 amide bonds. The summed E-state index contributed by atoms with van der Waals surface area (Å²) < 4.78 is 16.1. The van der Waals surface area contributed by atoms with E-state index >= 15 is 0 Å². The van der Waals surface area contributed by atoms with Crippen LogP contribution in [0.1, 0.15) is 10.4 Å². The van der Waals surface area contributed by atoms with Crippen LogP contribution >= 0.6 is 0 Å². The van der Waals surface area contributed by atoms with Gasteiger partial charge in [-0.1, -0.05) is 0 Å². The van der Waals surface area contributed by atoms with Gasteiger partial charge < -0.3 is 14.2 Å². The van der Waals surface area contributed by atoms with E-state index in [9.17, 15) is 25.0 Å². The standard InChI is InChI=1S/C20H14N2O8/c1-28-20(23)13-10-18(29-16-6-2-14(3-7-16)21(24)25)12-19(11-13)30-17-8-4-15(5-9-17)22(26)27/h2-12H,1H3. The van der Waals surface area contributed by atoms with Crippen LogP contribution in [0.5, 0.6) is 23.0 Å². The van der Waals surface area contributed by atoms with E-state index in [0.29, 0.717) is 11.5 Å². The van der Waals surface area contributed by atoms with Crippen molar-refractivity contribution in [1.29, 1.82) is 0 Å². The molecule has 0 saturated carbocycles. The van der Waals surface area contributed by atoms with E-state index in [4.69, 9.17) is 14.2 Å². The molecule has 0 aliphatic heterocycles. The summed E-state index contributed by atoms with van der Waals surface area (Å²) in [6.45, 7) is 0. The molecule has 0 unspecified atom stereocenters. The van der Waals surface area contributed by atoms with Crippen molar-refractivity contribution in [3.63, 3.8) is 0 Å². The van der Waals surface area contributed by atoms with Crippen molar-refractivity contribution in [3.05, 3.63) is 92.5 Å². The van der Waals surface area contributed by atoms with E-state index in [1.807, 2.05) is 0 Å². The summed E-state index contributed by atoms with van der Waals surface area (Å²) in [6, 6.07) is 15.2. The Kier molecular flexibility index (Phi) is 5.87. The normalized spacial score (nSPS) is 10.2. The third-order valence-electron chi connectivity index (χ3n) is 3.87. The van der Waals surface area contributed by atoms with Crippen molar-refractivity contribution in [1.82, 2.24) is 0 Å². The topological polar surface area (TPSA) is 131 Å². The molecule has 152 valence electrons. The number of nitrogens with zero attached hydrogens (tertiary/aromatic N) is 2. The molecule has 10 heteroatoms. The predicted molar refractivity (Wildman–Crippen MR) is 104 cm³/mol. The van der Waals surface area contributed by atoms with Gasteiger partial charge in [0.15, 0.2) is 0 Å². The van der Waals surface area contributed by atoms with Gasteiger partial charge in [-0.15, -0.1) is 0 Å². The zero-order chi connectivity index (χ0) is 21.7. The maximum Gasteiger partial charge on any atom is 0.338 e. The average Bonchev–Trinajstić information content (AvgIpc) is 2.73. The van der Waals surface area contributed by atoms with Crippen LogP contribution in [0.15, 0.2) is 66.7 Å². The van der Waals surface area contributed by atoms with Crippen molar-refractivity contribution in [3.8, 4) is 23.0 Å². The number of benzene rings is 3. The quantitative estimate of drug-likeness (QED) is 0.306. The first-order valence-corrected chi connectivity index (χ1v) is 8.44. The molecular formula is C20H14N2O8. The molecule has 0 aliphatic carbocycles. The van der Waals surface area contributed by atoms with Crippen LogP contribution in [0.2, 0.25) is 0 Å². The monoisotopic (exact) mass is 410 g/mol. The summed E-state index contributed by atoms with van der Waals surface area (Å²) in [5.41, 5.74) is -0.0328. The molecule has 3 rings (SSSR count). The molecule has 0 fully saturated rings. The molecule has 10 nitrogen and oxygen atoms in total. The van der Waals surface area contributed by atoms with Gasteiger partial charge in [-0.25, -0.2) is 4.79 Å². The predicted octanol–water partition coefficient (Wildman–Crippen LogP) is 4.87. The SMILES string of the molecule is COC(=O)c1cc(Oc2ccc([N+](=O)[O-])cc2)cc(Oc2ccc([N+](=O)[O-])cc2)c1. The fourth-order valence-corrected chi connectivity index (χ4v) is 2.47. The van der Waals surface area contributed by atoms with Crippen LogP contribution in [0.25, 0.3) is 0 Å². The Bertz CT molecular complexity index is 1020. The van der Waals surface area contributed by atoms with E-state index in [2.05, 4.69) is 0 Å². The lowest BCUT2D eigenvalue weighted by Gasteiger charge is -2.11. The molecule has 3 aromatic carbocycles. The summed E-state index contributed by atoms with van der Waals surface area (Å²) in [7, 11) is 1.23. The van der Waals surface area contributed by atoms with Gasteiger partial charge in [-0.05, 0) is 36.4 Å². The smallest absolute Gasteiger partial charge is 0.338 e. The van der Waals surface area contributed by atoms with E-state index in [1.165, 1.54) is 73.8 Å². The highest BCUT2D eigenvalue weighted by Gasteiger charge is 2.13. The lowest BCUT2D eigenvalue weighted by atomic mass is 10.2. The number of nitro groups is 2. The summed E-state index contributed by atoms with van der Waals surface area (Å²) in [5.74, 6) is 0.442. The van der Waals surface area contributed by atoms with Gasteiger partial charge in [-0.2, -0.15) is 0 Å². The number of methoxy groups -OCH3 is 1. The van der Waals surface area contributed by atoms with Gasteiger partial charge in [0, 0.05) is 30.3 Å². The van der Waals surface area contributed by atoms with Gasteiger partial charge in [0.2, 0.25) is 0 Å². The average molecular weight is 410 g/mol. The first-order valence-electron chi connectivity index (χ1n) is 8.44. The molecule has 0 N–H and O–H groups in total. The van der Waals surface area contributed by atoms with Crippen molar-refractivity contribution >= 4 is 17.3 Å². The Morgan fingerprint density at radius 3 is 1.43 bits per heavy atom. The van der Waals surface area contributed by atoms with Crippen molar-refractivity contribution in [2.75, 3.05) is 7.11 Å². The largest absolute Gasteiger partial charge is 0.465 e. The second-order valence-corrected chi connectivity index (χ2v) is 5.89. The number of carbonyl (C=O) groups is 1. The van der Waals surface area contributed by atoms with Crippen molar-refractivity contribution in [2.24, 2.45) is 0 Å². The molecule has 0 bridgehead atoms. The number of ether oxygens (including phenoxy) is 3. The Hall–Kier alpha value is -4.47. The summed E-state index contributed by atoms with van der Waals surface area (Å²) >= 11 is 0. The summed E-state index contributed by atoms with van der Waals surface area (Å²) in [4.78, 5) is 32.4. The fourth-order valence-electron chi connectivity index (χ4n) is 2.47. The summed E-state index contributed by atoms with van der Waals surface area (Å²) in [6.07, 6.45) is 0. The number of esters is 1. The van der Waals surface area contributed by atoms with Crippen molar-refractivity contribution in [2.45, 2.75) is 0 Å². The molecule has 0 aliphatic rings. The third-order valence-corrected chi connectivity index (χ3v) is 3.87. The molecule has 0 radical (unpaired) electrons. The van der Waals surface area contributed by atoms with Crippen LogP contribution in [0, 0.1) is 20.2 Å². The number of hydrogen-bond donors (Lipinski definition) is 0.